The summed E-state index contributed by atoms with van der Waals surface area (Å²) in [5, 5.41) is 0. The number of carbonyl (C=O) groups is 1. The van der Waals surface area contributed by atoms with Crippen molar-refractivity contribution in [2.45, 2.75) is 105 Å². The van der Waals surface area contributed by atoms with E-state index in [4.69, 9.17) is 11.2 Å². The van der Waals surface area contributed by atoms with Gasteiger partial charge in [-0.15, -0.1) is 0 Å². The first-order valence-electron chi connectivity index (χ1n) is 12.5. The molecule has 0 aliphatic heterocycles. The molecule has 0 aliphatic rings. The van der Waals surface area contributed by atoms with Crippen molar-refractivity contribution < 1.29 is 9.53 Å². The molecule has 172 valence electrons. The second kappa shape index (κ2) is 17.4. The van der Waals surface area contributed by atoms with Crippen molar-refractivity contribution >= 4 is 24.3 Å². The van der Waals surface area contributed by atoms with E-state index in [0.717, 1.165) is 34.8 Å². The quantitative estimate of drug-likeness (QED) is 0.0666. The summed E-state index contributed by atoms with van der Waals surface area (Å²) in [5.41, 5.74) is 1.06. The van der Waals surface area contributed by atoms with Gasteiger partial charge in [-0.3, -0.25) is 0 Å². The van der Waals surface area contributed by atoms with Gasteiger partial charge in [-0.25, -0.2) is 0 Å². The molecule has 0 bridgehead atoms. The summed E-state index contributed by atoms with van der Waals surface area (Å²) in [6.45, 7) is 7.18. The van der Waals surface area contributed by atoms with Crippen LogP contribution < -0.4 is 0 Å². The Morgan fingerprint density at radius 2 is 1.52 bits per heavy atom. The molecule has 0 aliphatic carbocycles. The standard InChI is InChI=1S/C16H17O2.3C4H9.Sn/c1-2-3-4-5-6-10-13-16(17)18-14-15-11-8-7-9-12-15;3*1-3-4-2;/h1,7-12H,3-6,14H2;3*1,3-4H2,2H3;. The Bertz CT molecular complexity index is 650. The Balaban J connectivity index is 3.15. The van der Waals surface area contributed by atoms with Crippen LogP contribution in [-0.2, 0) is 16.1 Å². The Labute approximate surface area is 196 Å². The number of esters is 1. The maximum atomic E-state index is 13.5. The molecule has 0 heterocycles. The molecule has 0 atom stereocenters. The molecule has 0 saturated carbocycles. The van der Waals surface area contributed by atoms with Crippen LogP contribution in [0.1, 0.15) is 90.5 Å². The van der Waals surface area contributed by atoms with Crippen LogP contribution in [0.3, 0.4) is 0 Å². The molecule has 0 radical (unpaired) electrons. The van der Waals surface area contributed by atoms with Crippen molar-refractivity contribution in [3.8, 4) is 12.3 Å². The summed E-state index contributed by atoms with van der Waals surface area (Å²) in [4.78, 5) is 13.5. The molecule has 31 heavy (non-hydrogen) atoms. The molecule has 0 fully saturated rings. The minimum atomic E-state index is -2.86. The van der Waals surface area contributed by atoms with Gasteiger partial charge in [-0.2, -0.15) is 0 Å². The molecular formula is C28H44O2Sn. The molecule has 0 unspecified atom stereocenters. The van der Waals surface area contributed by atoms with Crippen molar-refractivity contribution in [3.05, 3.63) is 45.6 Å². The summed E-state index contributed by atoms with van der Waals surface area (Å²) < 4.78 is 10.9. The van der Waals surface area contributed by atoms with Crippen LogP contribution in [0.25, 0.3) is 0 Å². The van der Waals surface area contributed by atoms with Crippen molar-refractivity contribution in [1.82, 2.24) is 0 Å². The van der Waals surface area contributed by atoms with E-state index in [-0.39, 0.29) is 5.97 Å². The summed E-state index contributed by atoms with van der Waals surface area (Å²) in [6, 6.07) is 10.0. The zero-order valence-corrected chi connectivity index (χ0v) is 23.1. The predicted molar refractivity (Wildman–Crippen MR) is 137 cm³/mol. The van der Waals surface area contributed by atoms with E-state index in [1.165, 1.54) is 51.8 Å². The first kappa shape index (κ1) is 27.8. The molecule has 0 amide bonds. The van der Waals surface area contributed by atoms with Gasteiger partial charge in [0, 0.05) is 0 Å². The number of hydrogen-bond acceptors (Lipinski definition) is 2. The van der Waals surface area contributed by atoms with E-state index in [9.17, 15) is 4.79 Å². The average molecular weight is 531 g/mol. The monoisotopic (exact) mass is 532 g/mol. The second-order valence-electron chi connectivity index (χ2n) is 8.72. The Kier molecular flexibility index (Phi) is 15.6. The van der Waals surface area contributed by atoms with Crippen LogP contribution in [0.2, 0.25) is 13.3 Å². The fraction of sp³-hybridized carbons (Fsp3) is 0.607. The first-order valence-corrected chi connectivity index (χ1v) is 20.0. The van der Waals surface area contributed by atoms with Crippen LogP contribution >= 0.6 is 0 Å². The van der Waals surface area contributed by atoms with Gasteiger partial charge in [0.25, 0.3) is 0 Å². The van der Waals surface area contributed by atoms with Gasteiger partial charge in [0.15, 0.2) is 0 Å². The zero-order chi connectivity index (χ0) is 22.8. The van der Waals surface area contributed by atoms with Crippen molar-refractivity contribution in [1.29, 1.82) is 0 Å². The van der Waals surface area contributed by atoms with Crippen molar-refractivity contribution in [3.63, 3.8) is 0 Å². The molecule has 0 aromatic heterocycles. The van der Waals surface area contributed by atoms with Gasteiger partial charge in [0.05, 0.1) is 0 Å². The molecule has 0 spiro atoms. The topological polar surface area (TPSA) is 26.3 Å². The number of hydrogen-bond donors (Lipinski definition) is 0. The van der Waals surface area contributed by atoms with Crippen molar-refractivity contribution in [2.75, 3.05) is 0 Å². The molecule has 1 aromatic carbocycles. The fourth-order valence-electron chi connectivity index (χ4n) is 4.26. The van der Waals surface area contributed by atoms with E-state index in [1.54, 1.807) is 0 Å². The molecule has 3 heteroatoms. The normalized spacial score (nSPS) is 11.9. The summed E-state index contributed by atoms with van der Waals surface area (Å²) >= 11 is -2.86. The number of unbranched alkanes of at least 4 members (excludes halogenated alkanes) is 6. The van der Waals surface area contributed by atoms with E-state index in [2.05, 4.69) is 32.8 Å². The average Bonchev–Trinajstić information content (AvgIpc) is 2.80. The Morgan fingerprint density at radius 3 is 2.03 bits per heavy atom. The van der Waals surface area contributed by atoms with Crippen LogP contribution in [0, 0.1) is 12.3 Å². The third kappa shape index (κ3) is 10.8. The second-order valence-corrected chi connectivity index (χ2v) is 21.8. The van der Waals surface area contributed by atoms with Crippen LogP contribution in [-0.4, -0.2) is 24.3 Å². The molecule has 1 rings (SSSR count). The zero-order valence-electron chi connectivity index (χ0n) is 20.3. The number of benzene rings is 1. The first-order chi connectivity index (χ1) is 15.1. The van der Waals surface area contributed by atoms with Gasteiger partial charge >= 0.3 is 197 Å². The molecule has 0 N–H and O–H groups in total. The summed E-state index contributed by atoms with van der Waals surface area (Å²) in [6.07, 6.45) is 18.9. The van der Waals surface area contributed by atoms with Crippen LogP contribution in [0.5, 0.6) is 0 Å². The number of terminal acetylenes is 1. The Hall–Kier alpha value is -1.21. The minimum absolute atomic E-state index is 0.0279. The summed E-state index contributed by atoms with van der Waals surface area (Å²) in [7, 11) is 0. The number of ether oxygens (including phenoxy) is 1. The van der Waals surface area contributed by atoms with Crippen LogP contribution in [0.15, 0.2) is 40.0 Å². The molecule has 2 nitrogen and oxygen atoms in total. The third-order valence-corrected chi connectivity index (χ3v) is 21.8. The van der Waals surface area contributed by atoms with E-state index >= 15 is 0 Å². The van der Waals surface area contributed by atoms with E-state index in [0.29, 0.717) is 6.61 Å². The van der Waals surface area contributed by atoms with E-state index in [1.807, 2.05) is 30.3 Å². The fourth-order valence-corrected chi connectivity index (χ4v) is 20.6. The number of rotatable bonds is 17. The van der Waals surface area contributed by atoms with Gasteiger partial charge < -0.3 is 0 Å². The van der Waals surface area contributed by atoms with Gasteiger partial charge in [-0.1, -0.05) is 0 Å². The number of allylic oxidation sites excluding steroid dienone is 1. The van der Waals surface area contributed by atoms with Gasteiger partial charge in [0.1, 0.15) is 0 Å². The van der Waals surface area contributed by atoms with E-state index < -0.39 is 18.4 Å². The van der Waals surface area contributed by atoms with Gasteiger partial charge in [0.2, 0.25) is 0 Å². The number of carbonyl (C=O) groups excluding carboxylic acids is 1. The predicted octanol–water partition coefficient (Wildman–Crippen LogP) is 8.24. The van der Waals surface area contributed by atoms with Crippen LogP contribution in [0.4, 0.5) is 0 Å². The third-order valence-electron chi connectivity index (χ3n) is 6.15. The Morgan fingerprint density at radius 1 is 0.935 bits per heavy atom. The maximum absolute atomic E-state index is 13.5. The summed E-state index contributed by atoms with van der Waals surface area (Å²) in [5.74, 6) is 2.70. The van der Waals surface area contributed by atoms with Crippen molar-refractivity contribution in [2.24, 2.45) is 0 Å². The molecule has 1 aromatic rings. The van der Waals surface area contributed by atoms with Gasteiger partial charge in [-0.05, 0) is 0 Å². The molecular weight excluding hydrogens is 487 g/mol. The molecule has 0 saturated heterocycles. The SMILES string of the molecule is C#CCCCC/C=[C](\C(=O)OCc1ccccc1)[Sn]([CH2]CCC)([CH2]CCC)[CH2]CCC.